The quantitative estimate of drug-likeness (QED) is 0.430. The third-order valence-electron chi connectivity index (χ3n) is 0.612. The van der Waals surface area contributed by atoms with E-state index < -0.39 is 0 Å². The van der Waals surface area contributed by atoms with E-state index in [4.69, 9.17) is 0 Å². The first-order chi connectivity index (χ1) is 2.27. The zero-order valence-corrected chi connectivity index (χ0v) is 4.78. The van der Waals surface area contributed by atoms with Gasteiger partial charge in [0.1, 0.15) is 0 Å². The van der Waals surface area contributed by atoms with Gasteiger partial charge >= 0.3 is 0 Å². The van der Waals surface area contributed by atoms with Crippen LogP contribution in [0.5, 0.6) is 0 Å². The van der Waals surface area contributed by atoms with E-state index in [1.807, 2.05) is 0 Å². The number of hydrogen-bond acceptors (Lipinski definition) is 0. The van der Waals surface area contributed by atoms with E-state index in [2.05, 4.69) is 23.1 Å². The molecule has 0 amide bonds. The molecule has 0 fully saturated rings. The molecule has 0 bridgehead atoms. The fraction of sp³-hybridized carbons (Fsp3) is 1.00. The Morgan fingerprint density at radius 3 is 2.00 bits per heavy atom. The molecule has 0 aromatic rings. The van der Waals surface area contributed by atoms with Crippen LogP contribution in [-0.2, 0) is 0 Å². The van der Waals surface area contributed by atoms with Gasteiger partial charge in [-0.2, -0.15) is 0 Å². The molecule has 0 N–H and O–H groups in total. The second-order valence-electron chi connectivity index (χ2n) is 1.31. The summed E-state index contributed by atoms with van der Waals surface area (Å²) in [6, 6.07) is 0. The van der Waals surface area contributed by atoms with Gasteiger partial charge in [-0.25, -0.2) is 0 Å². The molecule has 0 spiro atoms. The molecule has 31 valence electrons. The van der Waals surface area contributed by atoms with Crippen LogP contribution >= 0.6 is 9.24 Å². The van der Waals surface area contributed by atoms with Gasteiger partial charge in [0.05, 0.1) is 0 Å². The van der Waals surface area contributed by atoms with E-state index in [1.165, 1.54) is 6.42 Å². The Hall–Kier alpha value is 0.430. The predicted molar refractivity (Wildman–Crippen MR) is 28.1 cm³/mol. The van der Waals surface area contributed by atoms with Crippen molar-refractivity contribution in [2.45, 2.75) is 25.9 Å². The highest BCUT2D eigenvalue weighted by atomic mass is 31.0. The first-order valence-electron chi connectivity index (χ1n) is 1.98. The van der Waals surface area contributed by atoms with Crippen LogP contribution in [0.1, 0.15) is 20.3 Å². The first kappa shape index (κ1) is 5.43. The van der Waals surface area contributed by atoms with Gasteiger partial charge in [-0.3, -0.25) is 0 Å². The summed E-state index contributed by atoms with van der Waals surface area (Å²) in [7, 11) is 3.42. The highest BCUT2D eigenvalue weighted by molar-refractivity contribution is 7.17. The van der Waals surface area contributed by atoms with Crippen LogP contribution < -0.4 is 0 Å². The lowest BCUT2D eigenvalue weighted by atomic mass is 10.4. The van der Waals surface area contributed by atoms with Gasteiger partial charge in [-0.1, -0.05) is 23.1 Å². The summed E-state index contributed by atoms with van der Waals surface area (Å²) in [4.78, 5) is 0. The molecule has 1 unspecified atom stereocenters. The molecule has 0 aliphatic rings. The summed E-state index contributed by atoms with van der Waals surface area (Å²) in [5.41, 5.74) is 0.690. The third kappa shape index (κ3) is 4.43. The van der Waals surface area contributed by atoms with E-state index in [9.17, 15) is 0 Å². The Balaban J connectivity index is 2.54. The van der Waals surface area contributed by atoms with Gasteiger partial charge in [0, 0.05) is 0 Å². The highest BCUT2D eigenvalue weighted by Crippen LogP contribution is 1.99. The monoisotopic (exact) mass is 89.1 g/mol. The summed E-state index contributed by atoms with van der Waals surface area (Å²) >= 11 is 0. The Morgan fingerprint density at radius 2 is 2.00 bits per heavy atom. The second kappa shape index (κ2) is 2.66. The van der Waals surface area contributed by atoms with Crippen LogP contribution in [0.25, 0.3) is 0 Å². The lowest BCUT2D eigenvalue weighted by Gasteiger charge is -1.89. The smallest absolute Gasteiger partial charge is 0.0231 e. The first-order valence-corrected chi connectivity index (χ1v) is 2.56. The Bertz CT molecular complexity index is 17.6. The molecular formula is C4H10P. The standard InChI is InChI=1S/C4H10P/c1-3-4(2)5/h4-5H,3H2,1-2H3. The minimum absolute atomic E-state index is 0.690. The van der Waals surface area contributed by atoms with Crippen LogP contribution in [-0.4, -0.2) is 5.66 Å². The molecule has 0 saturated heterocycles. The Labute approximate surface area is 36.2 Å². The molecule has 0 aromatic heterocycles. The molecular weight excluding hydrogens is 79.0 g/mol. The molecule has 1 atom stereocenters. The zero-order chi connectivity index (χ0) is 4.28. The van der Waals surface area contributed by atoms with Crippen molar-refractivity contribution in [1.29, 1.82) is 0 Å². The van der Waals surface area contributed by atoms with Crippen molar-refractivity contribution in [1.82, 2.24) is 0 Å². The van der Waals surface area contributed by atoms with Crippen molar-refractivity contribution < 1.29 is 0 Å². The normalized spacial score (nSPS) is 15.0. The highest BCUT2D eigenvalue weighted by Gasteiger charge is 1.80. The van der Waals surface area contributed by atoms with Crippen molar-refractivity contribution in [2.24, 2.45) is 0 Å². The van der Waals surface area contributed by atoms with E-state index >= 15 is 0 Å². The summed E-state index contributed by atoms with van der Waals surface area (Å²) in [5, 5.41) is 0. The van der Waals surface area contributed by atoms with E-state index in [0.29, 0.717) is 5.66 Å². The van der Waals surface area contributed by atoms with Gasteiger partial charge in [-0.15, -0.1) is 0 Å². The molecule has 0 rings (SSSR count). The van der Waals surface area contributed by atoms with Crippen LogP contribution in [0.15, 0.2) is 0 Å². The lowest BCUT2D eigenvalue weighted by Crippen LogP contribution is -1.80. The van der Waals surface area contributed by atoms with Gasteiger partial charge in [0.2, 0.25) is 0 Å². The minimum Gasteiger partial charge on any atom is -0.0961 e. The maximum atomic E-state index is 3.42. The lowest BCUT2D eigenvalue weighted by molar-refractivity contribution is 0.908. The fourth-order valence-electron chi connectivity index (χ4n) is 0. The van der Waals surface area contributed by atoms with Gasteiger partial charge < -0.3 is 0 Å². The van der Waals surface area contributed by atoms with Crippen molar-refractivity contribution in [3.05, 3.63) is 0 Å². The fourth-order valence-corrected chi connectivity index (χ4v) is 0. The molecule has 0 nitrogen and oxygen atoms in total. The maximum absolute atomic E-state index is 3.42. The van der Waals surface area contributed by atoms with Crippen molar-refractivity contribution >= 4 is 9.24 Å². The van der Waals surface area contributed by atoms with Crippen molar-refractivity contribution in [3.8, 4) is 0 Å². The SMILES string of the molecule is CCC(C)[PH]. The molecule has 0 saturated carbocycles. The topological polar surface area (TPSA) is 0 Å². The third-order valence-corrected chi connectivity index (χ3v) is 1.02. The van der Waals surface area contributed by atoms with Gasteiger partial charge in [0.15, 0.2) is 0 Å². The van der Waals surface area contributed by atoms with Gasteiger partial charge in [-0.05, 0) is 12.1 Å². The van der Waals surface area contributed by atoms with Crippen molar-refractivity contribution in [2.75, 3.05) is 0 Å². The predicted octanol–water partition coefficient (Wildman–Crippen LogP) is 1.93. The maximum Gasteiger partial charge on any atom is -0.0231 e. The second-order valence-corrected chi connectivity index (χ2v) is 2.29. The Morgan fingerprint density at radius 1 is 1.80 bits per heavy atom. The summed E-state index contributed by atoms with van der Waals surface area (Å²) < 4.78 is 0. The van der Waals surface area contributed by atoms with E-state index in [0.717, 1.165) is 0 Å². The molecule has 0 aliphatic carbocycles. The van der Waals surface area contributed by atoms with Crippen LogP contribution in [0.4, 0.5) is 0 Å². The summed E-state index contributed by atoms with van der Waals surface area (Å²) in [6.45, 7) is 4.29. The van der Waals surface area contributed by atoms with Gasteiger partial charge in [0.25, 0.3) is 0 Å². The molecule has 0 aliphatic heterocycles. The Kier molecular flexibility index (Phi) is 2.88. The van der Waals surface area contributed by atoms with E-state index in [1.54, 1.807) is 0 Å². The molecule has 0 aromatic carbocycles. The van der Waals surface area contributed by atoms with Crippen molar-refractivity contribution in [3.63, 3.8) is 0 Å². The van der Waals surface area contributed by atoms with Crippen LogP contribution in [0, 0.1) is 0 Å². The molecule has 5 heavy (non-hydrogen) atoms. The zero-order valence-electron chi connectivity index (χ0n) is 3.78. The number of hydrogen-bond donors (Lipinski definition) is 0. The largest absolute Gasteiger partial charge is 0.0961 e. The summed E-state index contributed by atoms with van der Waals surface area (Å²) in [6.07, 6.45) is 1.22. The minimum atomic E-state index is 0.690. The molecule has 0 heterocycles. The average molecular weight is 89.1 g/mol. The average Bonchev–Trinajstić information content (AvgIpc) is 1.38. The number of rotatable bonds is 1. The van der Waals surface area contributed by atoms with E-state index in [-0.39, 0.29) is 0 Å². The summed E-state index contributed by atoms with van der Waals surface area (Å²) in [5.74, 6) is 0. The molecule has 1 heteroatoms. The van der Waals surface area contributed by atoms with Crippen LogP contribution in [0.2, 0.25) is 0 Å². The van der Waals surface area contributed by atoms with Crippen LogP contribution in [0.3, 0.4) is 0 Å². The molecule has 1 radical (unpaired) electrons.